The maximum absolute atomic E-state index is 12.9. The number of piperidine rings is 1. The molecule has 6 nitrogen and oxygen atoms in total. The van der Waals surface area contributed by atoms with E-state index in [1.807, 2.05) is 13.0 Å². The monoisotopic (exact) mass is 344 g/mol. The third-order valence-corrected chi connectivity index (χ3v) is 4.80. The number of imide groups is 1. The SMILES string of the molecule is CCN1C(=O)C(c2ccc(OC)c(OC)c2)=C(N2CCCCC2)C1=O. The predicted octanol–water partition coefficient (Wildman–Crippen LogP) is 2.29. The normalized spacial score (nSPS) is 18.2. The molecule has 1 aromatic carbocycles. The summed E-state index contributed by atoms with van der Waals surface area (Å²) in [5.74, 6) is 0.704. The highest BCUT2D eigenvalue weighted by Gasteiger charge is 2.41. The van der Waals surface area contributed by atoms with Crippen LogP contribution in [0.4, 0.5) is 0 Å². The molecule has 2 amide bonds. The minimum absolute atomic E-state index is 0.195. The van der Waals surface area contributed by atoms with Crippen molar-refractivity contribution in [3.8, 4) is 11.5 Å². The number of benzene rings is 1. The molecule has 0 unspecified atom stereocenters. The molecule has 1 saturated heterocycles. The Morgan fingerprint density at radius 1 is 0.960 bits per heavy atom. The summed E-state index contributed by atoms with van der Waals surface area (Å²) in [7, 11) is 3.13. The Hall–Kier alpha value is -2.50. The van der Waals surface area contributed by atoms with Crippen LogP contribution in [0, 0.1) is 0 Å². The lowest BCUT2D eigenvalue weighted by Gasteiger charge is -2.29. The van der Waals surface area contributed by atoms with Gasteiger partial charge < -0.3 is 14.4 Å². The Morgan fingerprint density at radius 3 is 2.24 bits per heavy atom. The van der Waals surface area contributed by atoms with Crippen molar-refractivity contribution in [3.05, 3.63) is 29.5 Å². The van der Waals surface area contributed by atoms with Gasteiger partial charge in [0.2, 0.25) is 0 Å². The lowest BCUT2D eigenvalue weighted by Crippen LogP contribution is -2.37. The Balaban J connectivity index is 2.11. The van der Waals surface area contributed by atoms with Crippen molar-refractivity contribution in [2.24, 2.45) is 0 Å². The molecule has 6 heteroatoms. The average Bonchev–Trinajstić information content (AvgIpc) is 2.91. The van der Waals surface area contributed by atoms with Gasteiger partial charge in [0.25, 0.3) is 11.8 Å². The van der Waals surface area contributed by atoms with E-state index in [-0.39, 0.29) is 11.8 Å². The lowest BCUT2D eigenvalue weighted by molar-refractivity contribution is -0.137. The summed E-state index contributed by atoms with van der Waals surface area (Å²) in [6.07, 6.45) is 3.24. The van der Waals surface area contributed by atoms with Crippen LogP contribution < -0.4 is 9.47 Å². The van der Waals surface area contributed by atoms with Gasteiger partial charge in [0.1, 0.15) is 5.70 Å². The number of hydrogen-bond donors (Lipinski definition) is 0. The zero-order chi connectivity index (χ0) is 18.0. The maximum Gasteiger partial charge on any atom is 0.277 e. The Kier molecular flexibility index (Phi) is 4.97. The van der Waals surface area contributed by atoms with Gasteiger partial charge in [-0.15, -0.1) is 0 Å². The minimum atomic E-state index is -0.236. The first-order valence-corrected chi connectivity index (χ1v) is 8.70. The molecule has 0 aromatic heterocycles. The fourth-order valence-corrected chi connectivity index (χ4v) is 3.51. The molecular formula is C19H24N2O4. The Bertz CT molecular complexity index is 720. The van der Waals surface area contributed by atoms with E-state index in [1.54, 1.807) is 26.4 Å². The molecule has 2 heterocycles. The molecule has 0 bridgehead atoms. The number of likely N-dealkylation sites (tertiary alicyclic amines) is 1. The predicted molar refractivity (Wildman–Crippen MR) is 94.3 cm³/mol. The van der Waals surface area contributed by atoms with Crippen LogP contribution in [-0.2, 0) is 9.59 Å². The molecule has 0 aliphatic carbocycles. The molecular weight excluding hydrogens is 320 g/mol. The lowest BCUT2D eigenvalue weighted by atomic mass is 10.0. The molecule has 0 N–H and O–H groups in total. The van der Waals surface area contributed by atoms with Gasteiger partial charge in [-0.25, -0.2) is 0 Å². The second-order valence-corrected chi connectivity index (χ2v) is 6.20. The van der Waals surface area contributed by atoms with Gasteiger partial charge in [0.15, 0.2) is 11.5 Å². The van der Waals surface area contributed by atoms with E-state index >= 15 is 0 Å². The van der Waals surface area contributed by atoms with Crippen molar-refractivity contribution >= 4 is 17.4 Å². The number of amides is 2. The minimum Gasteiger partial charge on any atom is -0.493 e. The second kappa shape index (κ2) is 7.17. The molecule has 25 heavy (non-hydrogen) atoms. The second-order valence-electron chi connectivity index (χ2n) is 6.20. The van der Waals surface area contributed by atoms with Crippen LogP contribution in [-0.4, -0.2) is 55.5 Å². The molecule has 3 rings (SSSR count). The van der Waals surface area contributed by atoms with Crippen molar-refractivity contribution in [1.29, 1.82) is 0 Å². The first-order chi connectivity index (χ1) is 12.1. The first-order valence-electron chi connectivity index (χ1n) is 8.70. The zero-order valence-electron chi connectivity index (χ0n) is 15.0. The largest absolute Gasteiger partial charge is 0.493 e. The van der Waals surface area contributed by atoms with Crippen LogP contribution in [0.2, 0.25) is 0 Å². The van der Waals surface area contributed by atoms with E-state index in [1.165, 1.54) is 4.90 Å². The number of ether oxygens (including phenoxy) is 2. The number of carbonyl (C=O) groups excluding carboxylic acids is 2. The van der Waals surface area contributed by atoms with Gasteiger partial charge in [-0.2, -0.15) is 0 Å². The van der Waals surface area contributed by atoms with Crippen molar-refractivity contribution in [2.45, 2.75) is 26.2 Å². The summed E-state index contributed by atoms with van der Waals surface area (Å²) < 4.78 is 10.6. The van der Waals surface area contributed by atoms with E-state index < -0.39 is 0 Å². The van der Waals surface area contributed by atoms with Crippen LogP contribution in [0.25, 0.3) is 5.57 Å². The summed E-state index contributed by atoms with van der Waals surface area (Å²) in [6, 6.07) is 5.34. The van der Waals surface area contributed by atoms with Crippen LogP contribution in [0.5, 0.6) is 11.5 Å². The van der Waals surface area contributed by atoms with Gasteiger partial charge >= 0.3 is 0 Å². The summed E-state index contributed by atoms with van der Waals surface area (Å²) in [4.78, 5) is 29.1. The third-order valence-electron chi connectivity index (χ3n) is 4.80. The molecule has 134 valence electrons. The van der Waals surface area contributed by atoms with Crippen molar-refractivity contribution in [3.63, 3.8) is 0 Å². The van der Waals surface area contributed by atoms with E-state index in [9.17, 15) is 9.59 Å². The van der Waals surface area contributed by atoms with E-state index in [0.29, 0.717) is 34.9 Å². The number of methoxy groups -OCH3 is 2. The quantitative estimate of drug-likeness (QED) is 0.767. The highest BCUT2D eigenvalue weighted by Crippen LogP contribution is 2.36. The van der Waals surface area contributed by atoms with Gasteiger partial charge in [-0.3, -0.25) is 14.5 Å². The highest BCUT2D eigenvalue weighted by atomic mass is 16.5. The van der Waals surface area contributed by atoms with Crippen molar-refractivity contribution in [1.82, 2.24) is 9.80 Å². The highest BCUT2D eigenvalue weighted by molar-refractivity contribution is 6.35. The fourth-order valence-electron chi connectivity index (χ4n) is 3.51. The molecule has 2 aliphatic rings. The summed E-state index contributed by atoms with van der Waals surface area (Å²) in [5, 5.41) is 0. The number of hydrogen-bond acceptors (Lipinski definition) is 5. The Labute approximate surface area is 148 Å². The topological polar surface area (TPSA) is 59.1 Å². The maximum atomic E-state index is 12.9. The molecule has 0 atom stereocenters. The number of nitrogens with zero attached hydrogens (tertiary/aromatic N) is 2. The average molecular weight is 344 g/mol. The van der Waals surface area contributed by atoms with Gasteiger partial charge in [0, 0.05) is 19.6 Å². The number of rotatable bonds is 5. The Morgan fingerprint density at radius 2 is 1.64 bits per heavy atom. The smallest absolute Gasteiger partial charge is 0.277 e. The van der Waals surface area contributed by atoms with Crippen LogP contribution in [0.3, 0.4) is 0 Å². The molecule has 0 spiro atoms. The van der Waals surface area contributed by atoms with Gasteiger partial charge in [-0.05, 0) is 43.9 Å². The summed E-state index contributed by atoms with van der Waals surface area (Å²) >= 11 is 0. The van der Waals surface area contributed by atoms with Crippen LogP contribution in [0.15, 0.2) is 23.9 Å². The standard InChI is InChI=1S/C19H24N2O4/c1-4-21-18(22)16(13-8-9-14(24-2)15(12-13)25-3)17(19(21)23)20-10-6-5-7-11-20/h8-9,12H,4-7,10-11H2,1-3H3. The first kappa shape index (κ1) is 17.3. The van der Waals surface area contributed by atoms with Crippen molar-refractivity contribution < 1.29 is 19.1 Å². The molecule has 1 fully saturated rings. The van der Waals surface area contributed by atoms with Gasteiger partial charge in [-0.1, -0.05) is 6.07 Å². The summed E-state index contributed by atoms with van der Waals surface area (Å²) in [6.45, 7) is 3.80. The third kappa shape index (κ3) is 2.97. The van der Waals surface area contributed by atoms with E-state index in [2.05, 4.69) is 4.90 Å². The van der Waals surface area contributed by atoms with Gasteiger partial charge in [0.05, 0.1) is 19.8 Å². The number of likely N-dealkylation sites (N-methyl/N-ethyl adjacent to an activating group) is 1. The molecule has 1 aromatic rings. The van der Waals surface area contributed by atoms with Crippen LogP contribution >= 0.6 is 0 Å². The fraction of sp³-hybridized carbons (Fsp3) is 0.474. The molecule has 0 radical (unpaired) electrons. The van der Waals surface area contributed by atoms with E-state index in [4.69, 9.17) is 9.47 Å². The zero-order valence-corrected chi connectivity index (χ0v) is 15.0. The number of carbonyl (C=O) groups is 2. The summed E-state index contributed by atoms with van der Waals surface area (Å²) in [5.41, 5.74) is 1.68. The molecule has 2 aliphatic heterocycles. The van der Waals surface area contributed by atoms with Crippen molar-refractivity contribution in [2.75, 3.05) is 33.9 Å². The van der Waals surface area contributed by atoms with Crippen LogP contribution in [0.1, 0.15) is 31.7 Å². The molecule has 0 saturated carbocycles. The van der Waals surface area contributed by atoms with E-state index in [0.717, 1.165) is 32.4 Å².